The lowest BCUT2D eigenvalue weighted by atomic mass is 10.1. The van der Waals surface area contributed by atoms with Gasteiger partial charge < -0.3 is 5.73 Å². The Labute approximate surface area is 129 Å². The summed E-state index contributed by atoms with van der Waals surface area (Å²) < 4.78 is 1.82. The van der Waals surface area contributed by atoms with E-state index in [1.54, 1.807) is 0 Å². The predicted molar refractivity (Wildman–Crippen MR) is 86.1 cm³/mol. The molecule has 0 fully saturated rings. The first-order valence-electron chi connectivity index (χ1n) is 7.43. The molecule has 22 heavy (non-hydrogen) atoms. The van der Waals surface area contributed by atoms with Crippen molar-refractivity contribution in [2.75, 3.05) is 0 Å². The van der Waals surface area contributed by atoms with Crippen molar-refractivity contribution >= 4 is 0 Å². The van der Waals surface area contributed by atoms with Gasteiger partial charge in [0.2, 0.25) is 0 Å². The fourth-order valence-corrected chi connectivity index (χ4v) is 2.36. The fourth-order valence-electron chi connectivity index (χ4n) is 2.36. The van der Waals surface area contributed by atoms with Crippen LogP contribution in [0.2, 0.25) is 0 Å². The zero-order valence-corrected chi connectivity index (χ0v) is 12.6. The highest BCUT2D eigenvalue weighted by atomic mass is 15.5. The summed E-state index contributed by atoms with van der Waals surface area (Å²) in [4.78, 5) is 0. The van der Waals surface area contributed by atoms with E-state index in [2.05, 4.69) is 58.8 Å². The van der Waals surface area contributed by atoms with E-state index in [1.807, 2.05) is 16.8 Å². The minimum absolute atomic E-state index is 0.556. The molecule has 0 unspecified atom stereocenters. The first-order chi connectivity index (χ1) is 10.8. The average molecular weight is 293 g/mol. The van der Waals surface area contributed by atoms with Crippen LogP contribution in [0, 0.1) is 0 Å². The summed E-state index contributed by atoms with van der Waals surface area (Å²) >= 11 is 0. The van der Waals surface area contributed by atoms with Crippen molar-refractivity contribution in [2.45, 2.75) is 26.4 Å². The Hall–Kier alpha value is -2.53. The Balaban J connectivity index is 1.84. The van der Waals surface area contributed by atoms with Crippen LogP contribution in [0.25, 0.3) is 11.4 Å². The van der Waals surface area contributed by atoms with Crippen LogP contribution >= 0.6 is 0 Å². The smallest absolute Gasteiger partial charge is 0.182 e. The normalized spacial score (nSPS) is 10.8. The Morgan fingerprint density at radius 1 is 0.909 bits per heavy atom. The minimum atomic E-state index is 0.556. The van der Waals surface area contributed by atoms with Crippen molar-refractivity contribution in [3.8, 4) is 11.4 Å². The lowest BCUT2D eigenvalue weighted by molar-refractivity contribution is 0.653. The summed E-state index contributed by atoms with van der Waals surface area (Å²) in [5.41, 5.74) is 10.2. The zero-order chi connectivity index (χ0) is 15.4. The maximum Gasteiger partial charge on any atom is 0.182 e. The lowest BCUT2D eigenvalue weighted by Crippen LogP contribution is -2.05. The summed E-state index contributed by atoms with van der Waals surface area (Å²) in [6.07, 6.45) is 1.03. The van der Waals surface area contributed by atoms with Crippen LogP contribution in [0.5, 0.6) is 0 Å². The quantitative estimate of drug-likeness (QED) is 0.784. The number of nitrogens with zero attached hydrogens (tertiary/aromatic N) is 4. The highest BCUT2D eigenvalue weighted by Gasteiger charge is 2.09. The first-order valence-corrected chi connectivity index (χ1v) is 7.43. The van der Waals surface area contributed by atoms with Crippen molar-refractivity contribution in [1.82, 2.24) is 20.2 Å². The summed E-state index contributed by atoms with van der Waals surface area (Å²) in [5, 5.41) is 12.1. The second-order valence-corrected chi connectivity index (χ2v) is 5.23. The molecule has 2 N–H and O–H groups in total. The van der Waals surface area contributed by atoms with Gasteiger partial charge >= 0.3 is 0 Å². The Kier molecular flexibility index (Phi) is 4.25. The number of benzene rings is 2. The number of rotatable bonds is 5. The van der Waals surface area contributed by atoms with Crippen LogP contribution in [-0.4, -0.2) is 20.2 Å². The standard InChI is InChI=1S/C17H19N5/c1-2-13-7-9-16(10-8-13)17-19-20-21-22(17)12-15-5-3-14(11-18)4-6-15/h3-10H,2,11-12,18H2,1H3. The molecular weight excluding hydrogens is 274 g/mol. The highest BCUT2D eigenvalue weighted by Crippen LogP contribution is 2.18. The summed E-state index contributed by atoms with van der Waals surface area (Å²) in [6.45, 7) is 3.34. The Morgan fingerprint density at radius 3 is 2.18 bits per heavy atom. The molecule has 3 rings (SSSR count). The molecule has 0 saturated heterocycles. The maximum atomic E-state index is 5.62. The van der Waals surface area contributed by atoms with Crippen LogP contribution < -0.4 is 5.73 Å². The molecule has 3 aromatic rings. The summed E-state index contributed by atoms with van der Waals surface area (Å²) in [6, 6.07) is 16.6. The van der Waals surface area contributed by atoms with Crippen molar-refractivity contribution in [1.29, 1.82) is 0 Å². The number of nitrogens with two attached hydrogens (primary N) is 1. The summed E-state index contributed by atoms with van der Waals surface area (Å²) in [5.74, 6) is 0.783. The molecule has 0 aliphatic carbocycles. The molecule has 5 heteroatoms. The van der Waals surface area contributed by atoms with Crippen molar-refractivity contribution < 1.29 is 0 Å². The third-order valence-electron chi connectivity index (χ3n) is 3.74. The lowest BCUT2D eigenvalue weighted by Gasteiger charge is -2.06. The molecule has 0 radical (unpaired) electrons. The molecule has 1 heterocycles. The van der Waals surface area contributed by atoms with Gasteiger partial charge in [-0.25, -0.2) is 4.68 Å². The maximum absolute atomic E-state index is 5.62. The van der Waals surface area contributed by atoms with Crippen molar-refractivity contribution in [2.24, 2.45) is 5.73 Å². The molecule has 0 atom stereocenters. The predicted octanol–water partition coefficient (Wildman–Crippen LogP) is 2.41. The van der Waals surface area contributed by atoms with Gasteiger partial charge in [-0.1, -0.05) is 55.5 Å². The molecule has 5 nitrogen and oxygen atoms in total. The van der Waals surface area contributed by atoms with Gasteiger partial charge in [-0.15, -0.1) is 5.10 Å². The number of hydrogen-bond donors (Lipinski definition) is 1. The fraction of sp³-hybridized carbons (Fsp3) is 0.235. The molecule has 112 valence electrons. The molecule has 0 amide bonds. The van der Waals surface area contributed by atoms with E-state index < -0.39 is 0 Å². The second kappa shape index (κ2) is 6.49. The van der Waals surface area contributed by atoms with Crippen LogP contribution in [-0.2, 0) is 19.5 Å². The van der Waals surface area contributed by atoms with E-state index >= 15 is 0 Å². The Bertz CT molecular complexity index is 729. The van der Waals surface area contributed by atoms with Crippen LogP contribution in [0.15, 0.2) is 48.5 Å². The van der Waals surface area contributed by atoms with E-state index in [4.69, 9.17) is 5.73 Å². The van der Waals surface area contributed by atoms with Gasteiger partial charge in [0.1, 0.15) is 0 Å². The van der Waals surface area contributed by atoms with Gasteiger partial charge in [0.05, 0.1) is 6.54 Å². The van der Waals surface area contributed by atoms with Gasteiger partial charge in [-0.2, -0.15) is 0 Å². The molecule has 0 aliphatic rings. The largest absolute Gasteiger partial charge is 0.326 e. The van der Waals surface area contributed by atoms with Crippen LogP contribution in [0.3, 0.4) is 0 Å². The molecule has 0 aliphatic heterocycles. The van der Waals surface area contributed by atoms with Crippen molar-refractivity contribution in [3.05, 3.63) is 65.2 Å². The molecule has 0 spiro atoms. The first kappa shape index (κ1) is 14.4. The molecule has 1 aromatic heterocycles. The molecule has 2 aromatic carbocycles. The monoisotopic (exact) mass is 293 g/mol. The summed E-state index contributed by atoms with van der Waals surface area (Å²) in [7, 11) is 0. The number of tetrazole rings is 1. The average Bonchev–Trinajstić information content (AvgIpc) is 3.04. The molecule has 0 bridgehead atoms. The van der Waals surface area contributed by atoms with E-state index in [-0.39, 0.29) is 0 Å². The van der Waals surface area contributed by atoms with Crippen LogP contribution in [0.1, 0.15) is 23.6 Å². The van der Waals surface area contributed by atoms with Crippen molar-refractivity contribution in [3.63, 3.8) is 0 Å². The SMILES string of the molecule is CCc1ccc(-c2nnnn2Cc2ccc(CN)cc2)cc1. The third-order valence-corrected chi connectivity index (χ3v) is 3.74. The van der Waals surface area contributed by atoms with Gasteiger partial charge in [0.25, 0.3) is 0 Å². The molecular formula is C17H19N5. The van der Waals surface area contributed by atoms with Gasteiger partial charge in [-0.3, -0.25) is 0 Å². The van der Waals surface area contributed by atoms with E-state index in [0.717, 1.165) is 28.9 Å². The third kappa shape index (κ3) is 3.04. The Morgan fingerprint density at radius 2 is 1.55 bits per heavy atom. The highest BCUT2D eigenvalue weighted by molar-refractivity contribution is 5.55. The second-order valence-electron chi connectivity index (χ2n) is 5.23. The topological polar surface area (TPSA) is 69.6 Å². The number of aryl methyl sites for hydroxylation is 1. The molecule has 0 saturated carbocycles. The van der Waals surface area contributed by atoms with Gasteiger partial charge in [-0.05, 0) is 33.5 Å². The zero-order valence-electron chi connectivity index (χ0n) is 12.6. The van der Waals surface area contributed by atoms with Crippen LogP contribution in [0.4, 0.5) is 0 Å². The minimum Gasteiger partial charge on any atom is -0.326 e. The number of aromatic nitrogens is 4. The number of hydrogen-bond acceptors (Lipinski definition) is 4. The van der Waals surface area contributed by atoms with E-state index in [1.165, 1.54) is 5.56 Å². The van der Waals surface area contributed by atoms with E-state index in [0.29, 0.717) is 13.1 Å². The van der Waals surface area contributed by atoms with Gasteiger partial charge in [0, 0.05) is 12.1 Å². The van der Waals surface area contributed by atoms with Gasteiger partial charge in [0.15, 0.2) is 5.82 Å². The van der Waals surface area contributed by atoms with E-state index in [9.17, 15) is 0 Å².